The second-order valence-electron chi connectivity index (χ2n) is 6.91. The molecule has 1 atom stereocenters. The normalized spacial score (nSPS) is 17.9. The summed E-state index contributed by atoms with van der Waals surface area (Å²) in [4.78, 5) is 29.7. The number of nitrogens with zero attached hydrogens (tertiary/aromatic N) is 5. The lowest BCUT2D eigenvalue weighted by molar-refractivity contribution is -0.130. The number of likely N-dealkylation sites (tertiary alicyclic amines) is 1. The number of nitrogens with one attached hydrogen (secondary N) is 1. The van der Waals surface area contributed by atoms with Crippen LogP contribution in [0.4, 0.5) is 10.9 Å². The summed E-state index contributed by atoms with van der Waals surface area (Å²) < 4.78 is 0. The molecule has 2 aromatic rings. The fraction of sp³-hybridized carbons (Fsp3) is 0.556. The van der Waals surface area contributed by atoms with Crippen molar-refractivity contribution in [3.63, 3.8) is 0 Å². The third kappa shape index (κ3) is 4.56. The topological polar surface area (TPSA) is 74.2 Å². The average molecular weight is 375 g/mol. The van der Waals surface area contributed by atoms with Gasteiger partial charge in [0.15, 0.2) is 5.13 Å². The van der Waals surface area contributed by atoms with Crippen LogP contribution in [0.25, 0.3) is 0 Å². The molecule has 140 valence electrons. The maximum atomic E-state index is 12.2. The lowest BCUT2D eigenvalue weighted by Gasteiger charge is -2.35. The molecule has 7 nitrogen and oxygen atoms in total. The van der Waals surface area contributed by atoms with Gasteiger partial charge in [0.1, 0.15) is 11.6 Å². The molecule has 1 amide bonds. The highest BCUT2D eigenvalue weighted by molar-refractivity contribution is 7.13. The lowest BCUT2D eigenvalue weighted by atomic mass is 9.99. The molecule has 0 spiro atoms. The van der Waals surface area contributed by atoms with Crippen molar-refractivity contribution >= 4 is 28.2 Å². The molecule has 8 heteroatoms. The summed E-state index contributed by atoms with van der Waals surface area (Å²) in [6.07, 6.45) is 3.27. The molecule has 1 fully saturated rings. The molecule has 26 heavy (non-hydrogen) atoms. The molecule has 0 saturated carbocycles. The van der Waals surface area contributed by atoms with E-state index in [0.717, 1.165) is 54.0 Å². The van der Waals surface area contributed by atoms with Crippen molar-refractivity contribution < 1.29 is 4.79 Å². The summed E-state index contributed by atoms with van der Waals surface area (Å²) in [7, 11) is 3.60. The number of anilines is 2. The minimum atomic E-state index is 0.124. The van der Waals surface area contributed by atoms with E-state index in [9.17, 15) is 4.79 Å². The van der Waals surface area contributed by atoms with Gasteiger partial charge in [-0.25, -0.2) is 15.0 Å². The van der Waals surface area contributed by atoms with E-state index in [-0.39, 0.29) is 11.9 Å². The first-order valence-electron chi connectivity index (χ1n) is 8.91. The van der Waals surface area contributed by atoms with Crippen LogP contribution >= 0.6 is 11.3 Å². The predicted molar refractivity (Wildman–Crippen MR) is 104 cm³/mol. The summed E-state index contributed by atoms with van der Waals surface area (Å²) in [6.45, 7) is 5.22. The first kappa shape index (κ1) is 18.7. The van der Waals surface area contributed by atoms with Gasteiger partial charge in [-0.2, -0.15) is 0 Å². The van der Waals surface area contributed by atoms with Gasteiger partial charge in [0.05, 0.1) is 24.0 Å². The number of aryl methyl sites for hydroxylation is 2. The average Bonchev–Trinajstić information content (AvgIpc) is 2.99. The monoisotopic (exact) mass is 374 g/mol. The standard InChI is InChI=1S/C18H26N6OS/c1-12-11-26-18(19-12)22-16-9-14(20-13(2)21-16)15-7-5-6-8-24(15)10-17(25)23(3)4/h9,11,15H,5-8,10H2,1-4H3,(H,19,20,21,22). The van der Waals surface area contributed by atoms with Crippen LogP contribution < -0.4 is 5.32 Å². The Morgan fingerprint density at radius 1 is 1.31 bits per heavy atom. The molecule has 1 aliphatic rings. The highest BCUT2D eigenvalue weighted by atomic mass is 32.1. The zero-order valence-corrected chi connectivity index (χ0v) is 16.6. The second-order valence-corrected chi connectivity index (χ2v) is 7.77. The number of amides is 1. The fourth-order valence-corrected chi connectivity index (χ4v) is 3.87. The number of thiazole rings is 1. The Kier molecular flexibility index (Phi) is 5.83. The Morgan fingerprint density at radius 2 is 2.12 bits per heavy atom. The molecule has 0 aromatic carbocycles. The number of hydrogen-bond acceptors (Lipinski definition) is 7. The largest absolute Gasteiger partial charge is 0.348 e. The van der Waals surface area contributed by atoms with Crippen LogP contribution in [-0.2, 0) is 4.79 Å². The molecule has 1 N–H and O–H groups in total. The molecule has 3 rings (SSSR count). The summed E-state index contributed by atoms with van der Waals surface area (Å²) >= 11 is 1.56. The van der Waals surface area contributed by atoms with Crippen molar-refractivity contribution in [2.24, 2.45) is 0 Å². The van der Waals surface area contributed by atoms with E-state index in [1.165, 1.54) is 0 Å². The van der Waals surface area contributed by atoms with E-state index in [1.807, 2.05) is 25.3 Å². The second kappa shape index (κ2) is 8.09. The Balaban J connectivity index is 1.82. The van der Waals surface area contributed by atoms with Crippen LogP contribution in [0.1, 0.15) is 42.5 Å². The van der Waals surface area contributed by atoms with Crippen LogP contribution in [-0.4, -0.2) is 57.8 Å². The number of aromatic nitrogens is 3. The van der Waals surface area contributed by atoms with Crippen molar-refractivity contribution in [1.82, 2.24) is 24.8 Å². The van der Waals surface area contributed by atoms with E-state index >= 15 is 0 Å². The molecular weight excluding hydrogens is 348 g/mol. The van der Waals surface area contributed by atoms with E-state index in [4.69, 9.17) is 0 Å². The molecule has 1 saturated heterocycles. The quantitative estimate of drug-likeness (QED) is 0.867. The third-order valence-corrected chi connectivity index (χ3v) is 5.38. The molecule has 1 aliphatic heterocycles. The van der Waals surface area contributed by atoms with Crippen LogP contribution in [0.2, 0.25) is 0 Å². The Labute approximate surface area is 158 Å². The maximum absolute atomic E-state index is 12.2. The molecule has 1 unspecified atom stereocenters. The summed E-state index contributed by atoms with van der Waals surface area (Å²) in [5.74, 6) is 1.60. The zero-order chi connectivity index (χ0) is 18.7. The molecule has 3 heterocycles. The van der Waals surface area contributed by atoms with Crippen molar-refractivity contribution in [2.45, 2.75) is 39.2 Å². The van der Waals surface area contributed by atoms with Gasteiger partial charge >= 0.3 is 0 Å². The Bertz CT molecular complexity index is 775. The van der Waals surface area contributed by atoms with Gasteiger partial charge in [-0.05, 0) is 33.2 Å². The summed E-state index contributed by atoms with van der Waals surface area (Å²) in [5, 5.41) is 6.12. The zero-order valence-electron chi connectivity index (χ0n) is 15.8. The minimum absolute atomic E-state index is 0.124. The Morgan fingerprint density at radius 3 is 2.81 bits per heavy atom. The number of hydrogen-bond donors (Lipinski definition) is 1. The van der Waals surface area contributed by atoms with Gasteiger partial charge in [-0.15, -0.1) is 11.3 Å². The number of likely N-dealkylation sites (N-methyl/N-ethyl adjacent to an activating group) is 1. The lowest BCUT2D eigenvalue weighted by Crippen LogP contribution is -2.41. The molecule has 0 bridgehead atoms. The highest BCUT2D eigenvalue weighted by Crippen LogP contribution is 2.31. The molecule has 2 aromatic heterocycles. The van der Waals surface area contributed by atoms with Gasteiger partial charge in [0, 0.05) is 25.5 Å². The number of carbonyl (C=O) groups excluding carboxylic acids is 1. The number of rotatable bonds is 5. The van der Waals surface area contributed by atoms with Crippen molar-refractivity contribution in [2.75, 3.05) is 32.5 Å². The van der Waals surface area contributed by atoms with Gasteiger partial charge in [-0.3, -0.25) is 9.69 Å². The first-order valence-corrected chi connectivity index (χ1v) is 9.79. The van der Waals surface area contributed by atoms with Crippen LogP contribution in [0, 0.1) is 13.8 Å². The number of piperidine rings is 1. The highest BCUT2D eigenvalue weighted by Gasteiger charge is 2.27. The van der Waals surface area contributed by atoms with E-state index in [2.05, 4.69) is 25.2 Å². The molecule has 0 radical (unpaired) electrons. The van der Waals surface area contributed by atoms with E-state index < -0.39 is 0 Å². The fourth-order valence-electron chi connectivity index (χ4n) is 3.18. The number of carbonyl (C=O) groups is 1. The van der Waals surface area contributed by atoms with Crippen molar-refractivity contribution in [3.05, 3.63) is 28.7 Å². The van der Waals surface area contributed by atoms with Gasteiger partial charge in [-0.1, -0.05) is 6.42 Å². The van der Waals surface area contributed by atoms with Gasteiger partial charge in [0.25, 0.3) is 0 Å². The Hall–Kier alpha value is -2.06. The predicted octanol–water partition coefficient (Wildman–Crippen LogP) is 2.91. The molecule has 0 aliphatic carbocycles. The third-order valence-electron chi connectivity index (χ3n) is 4.50. The SMILES string of the molecule is Cc1csc(Nc2cc(C3CCCCN3CC(=O)N(C)C)nc(C)n2)n1. The van der Waals surface area contributed by atoms with Crippen LogP contribution in [0.15, 0.2) is 11.4 Å². The minimum Gasteiger partial charge on any atom is -0.348 e. The van der Waals surface area contributed by atoms with Crippen molar-refractivity contribution in [3.8, 4) is 0 Å². The summed E-state index contributed by atoms with van der Waals surface area (Å²) in [6, 6.07) is 2.14. The van der Waals surface area contributed by atoms with Crippen molar-refractivity contribution in [1.29, 1.82) is 0 Å². The summed E-state index contributed by atoms with van der Waals surface area (Å²) in [5.41, 5.74) is 1.96. The van der Waals surface area contributed by atoms with E-state index in [0.29, 0.717) is 6.54 Å². The van der Waals surface area contributed by atoms with Gasteiger partial charge < -0.3 is 10.2 Å². The van der Waals surface area contributed by atoms with Gasteiger partial charge in [0.2, 0.25) is 5.91 Å². The first-order chi connectivity index (χ1) is 12.4. The smallest absolute Gasteiger partial charge is 0.236 e. The van der Waals surface area contributed by atoms with Crippen LogP contribution in [0.3, 0.4) is 0 Å². The van der Waals surface area contributed by atoms with E-state index in [1.54, 1.807) is 30.3 Å². The molecular formula is C18H26N6OS. The maximum Gasteiger partial charge on any atom is 0.236 e. The van der Waals surface area contributed by atoms with Crippen LogP contribution in [0.5, 0.6) is 0 Å².